The topological polar surface area (TPSA) is 86.1 Å². The van der Waals surface area contributed by atoms with Crippen LogP contribution in [0.15, 0.2) is 11.2 Å². The molecule has 2 heterocycles. The van der Waals surface area contributed by atoms with Crippen LogP contribution in [-0.4, -0.2) is 39.5 Å². The predicted octanol–water partition coefficient (Wildman–Crippen LogP) is 2.01. The van der Waals surface area contributed by atoms with Crippen molar-refractivity contribution in [2.45, 2.75) is 19.0 Å². The van der Waals surface area contributed by atoms with E-state index >= 15 is 0 Å². The number of rotatable bonds is 5. The van der Waals surface area contributed by atoms with Crippen LogP contribution in [0.5, 0.6) is 0 Å². The third kappa shape index (κ3) is 3.66. The van der Waals surface area contributed by atoms with Crippen molar-refractivity contribution < 1.29 is 14.3 Å². The van der Waals surface area contributed by atoms with Crippen molar-refractivity contribution in [1.29, 1.82) is 0 Å². The Kier molecular flexibility index (Phi) is 5.19. The first-order valence-electron chi connectivity index (χ1n) is 6.39. The number of amides is 1. The van der Waals surface area contributed by atoms with Crippen molar-refractivity contribution in [3.05, 3.63) is 22.3 Å². The number of carbonyl (C=O) groups excluding carboxylic acids is 2. The lowest BCUT2D eigenvalue weighted by molar-refractivity contribution is -0.113. The van der Waals surface area contributed by atoms with Gasteiger partial charge in [0.25, 0.3) is 0 Å². The van der Waals surface area contributed by atoms with Gasteiger partial charge in [-0.05, 0) is 19.9 Å². The zero-order valence-electron chi connectivity index (χ0n) is 12.7. The van der Waals surface area contributed by atoms with E-state index in [2.05, 4.69) is 15.5 Å². The van der Waals surface area contributed by atoms with Gasteiger partial charge >= 0.3 is 5.97 Å². The summed E-state index contributed by atoms with van der Waals surface area (Å²) in [6, 6.07) is 1.70. The summed E-state index contributed by atoms with van der Waals surface area (Å²) in [6.07, 6.45) is 0. The Morgan fingerprint density at radius 3 is 2.73 bits per heavy atom. The molecule has 0 aliphatic carbocycles. The zero-order valence-corrected chi connectivity index (χ0v) is 14.3. The molecule has 0 spiro atoms. The highest BCUT2D eigenvalue weighted by atomic mass is 32.2. The molecular weight excluding hydrogens is 324 g/mol. The Hall–Kier alpha value is -1.87. The second kappa shape index (κ2) is 6.93. The molecule has 2 rings (SSSR count). The summed E-state index contributed by atoms with van der Waals surface area (Å²) in [5.41, 5.74) is 0.373. The van der Waals surface area contributed by atoms with E-state index in [-0.39, 0.29) is 11.7 Å². The maximum absolute atomic E-state index is 12.0. The minimum absolute atomic E-state index is 0.184. The standard InChI is InChI=1S/C13H16N4O3S2/c1-7-5-9(12(19)20-4)11(22-7)14-10(18)6-21-13-16-15-8(2)17(13)3/h5H,6H2,1-4H3,(H,14,18). The lowest BCUT2D eigenvalue weighted by Gasteiger charge is -2.05. The smallest absolute Gasteiger partial charge is 0.340 e. The van der Waals surface area contributed by atoms with E-state index in [1.54, 1.807) is 6.07 Å². The number of nitrogens with zero attached hydrogens (tertiary/aromatic N) is 3. The van der Waals surface area contributed by atoms with Crippen LogP contribution in [0.4, 0.5) is 5.00 Å². The highest BCUT2D eigenvalue weighted by Crippen LogP contribution is 2.28. The third-order valence-corrected chi connectivity index (χ3v) is 4.88. The Balaban J connectivity index is 2.00. The van der Waals surface area contributed by atoms with Crippen LogP contribution in [0.3, 0.4) is 0 Å². The molecule has 0 aromatic carbocycles. The summed E-state index contributed by atoms with van der Waals surface area (Å²) in [4.78, 5) is 24.6. The van der Waals surface area contributed by atoms with Crippen molar-refractivity contribution in [3.8, 4) is 0 Å². The molecule has 0 unspecified atom stereocenters. The van der Waals surface area contributed by atoms with Gasteiger partial charge in [-0.25, -0.2) is 4.79 Å². The number of methoxy groups -OCH3 is 1. The van der Waals surface area contributed by atoms with Gasteiger partial charge in [-0.1, -0.05) is 11.8 Å². The van der Waals surface area contributed by atoms with Gasteiger partial charge in [0.2, 0.25) is 5.91 Å². The van der Waals surface area contributed by atoms with E-state index in [4.69, 9.17) is 4.74 Å². The Morgan fingerprint density at radius 1 is 1.41 bits per heavy atom. The van der Waals surface area contributed by atoms with Crippen LogP contribution in [0.25, 0.3) is 0 Å². The number of hydrogen-bond acceptors (Lipinski definition) is 7. The van der Waals surface area contributed by atoms with Gasteiger partial charge in [-0.2, -0.15) is 0 Å². The molecule has 2 aromatic rings. The summed E-state index contributed by atoms with van der Waals surface area (Å²) in [6.45, 7) is 3.71. The molecule has 0 aliphatic heterocycles. The summed E-state index contributed by atoms with van der Waals surface area (Å²) in [5.74, 6) is 0.294. The summed E-state index contributed by atoms with van der Waals surface area (Å²) in [5, 5.41) is 11.8. The van der Waals surface area contributed by atoms with Crippen molar-refractivity contribution >= 4 is 40.0 Å². The molecule has 2 aromatic heterocycles. The number of nitrogens with one attached hydrogen (secondary N) is 1. The van der Waals surface area contributed by atoms with E-state index < -0.39 is 5.97 Å². The number of aryl methyl sites for hydroxylation is 2. The molecule has 1 N–H and O–H groups in total. The maximum atomic E-state index is 12.0. The molecule has 0 aliphatic rings. The van der Waals surface area contributed by atoms with Gasteiger partial charge in [0, 0.05) is 11.9 Å². The Morgan fingerprint density at radius 2 is 2.14 bits per heavy atom. The molecule has 9 heteroatoms. The van der Waals surface area contributed by atoms with E-state index in [1.165, 1.54) is 30.2 Å². The molecule has 1 amide bonds. The fourth-order valence-electron chi connectivity index (χ4n) is 1.67. The zero-order chi connectivity index (χ0) is 16.3. The van der Waals surface area contributed by atoms with E-state index in [0.29, 0.717) is 15.7 Å². The van der Waals surface area contributed by atoms with E-state index in [0.717, 1.165) is 10.7 Å². The minimum atomic E-state index is -0.462. The monoisotopic (exact) mass is 340 g/mol. The van der Waals surface area contributed by atoms with Gasteiger partial charge < -0.3 is 14.6 Å². The summed E-state index contributed by atoms with van der Waals surface area (Å²) >= 11 is 2.63. The molecular formula is C13H16N4O3S2. The number of thiophene rings is 1. The molecule has 22 heavy (non-hydrogen) atoms. The number of carbonyl (C=O) groups is 2. The summed E-state index contributed by atoms with van der Waals surface area (Å²) < 4.78 is 6.52. The van der Waals surface area contributed by atoms with Gasteiger partial charge in [-0.15, -0.1) is 21.5 Å². The van der Waals surface area contributed by atoms with Crippen molar-refractivity contribution in [2.75, 3.05) is 18.2 Å². The van der Waals surface area contributed by atoms with Gasteiger partial charge in [0.1, 0.15) is 10.8 Å². The van der Waals surface area contributed by atoms with Crippen LogP contribution < -0.4 is 5.32 Å². The van der Waals surface area contributed by atoms with Crippen LogP contribution in [-0.2, 0) is 16.6 Å². The Labute approximate surface area is 136 Å². The fourth-order valence-corrected chi connectivity index (χ4v) is 3.35. The Bertz CT molecular complexity index is 708. The first-order valence-corrected chi connectivity index (χ1v) is 8.20. The van der Waals surface area contributed by atoms with E-state index in [1.807, 2.05) is 25.5 Å². The van der Waals surface area contributed by atoms with Crippen LogP contribution >= 0.6 is 23.1 Å². The fraction of sp³-hybridized carbons (Fsp3) is 0.385. The minimum Gasteiger partial charge on any atom is -0.465 e. The first kappa shape index (κ1) is 16.5. The number of ether oxygens (including phenoxy) is 1. The normalized spacial score (nSPS) is 10.5. The molecule has 7 nitrogen and oxygen atoms in total. The lowest BCUT2D eigenvalue weighted by Crippen LogP contribution is -2.16. The second-order valence-corrected chi connectivity index (χ2v) is 6.72. The van der Waals surface area contributed by atoms with Gasteiger partial charge in [0.15, 0.2) is 5.16 Å². The molecule has 0 fully saturated rings. The van der Waals surface area contributed by atoms with Crippen molar-refractivity contribution in [1.82, 2.24) is 14.8 Å². The van der Waals surface area contributed by atoms with Crippen molar-refractivity contribution in [2.24, 2.45) is 7.05 Å². The van der Waals surface area contributed by atoms with Crippen molar-refractivity contribution in [3.63, 3.8) is 0 Å². The quantitative estimate of drug-likeness (QED) is 0.662. The average molecular weight is 340 g/mol. The van der Waals surface area contributed by atoms with Crippen LogP contribution in [0, 0.1) is 13.8 Å². The highest BCUT2D eigenvalue weighted by molar-refractivity contribution is 7.99. The SMILES string of the molecule is COC(=O)c1cc(C)sc1NC(=O)CSc1nnc(C)n1C. The second-order valence-electron chi connectivity index (χ2n) is 4.52. The summed E-state index contributed by atoms with van der Waals surface area (Å²) in [7, 11) is 3.15. The molecule has 0 bridgehead atoms. The number of esters is 1. The number of anilines is 1. The highest BCUT2D eigenvalue weighted by Gasteiger charge is 2.18. The van der Waals surface area contributed by atoms with Gasteiger partial charge in [-0.3, -0.25) is 4.79 Å². The number of aromatic nitrogens is 3. The first-order chi connectivity index (χ1) is 10.4. The largest absolute Gasteiger partial charge is 0.465 e. The maximum Gasteiger partial charge on any atom is 0.340 e. The molecule has 0 saturated heterocycles. The lowest BCUT2D eigenvalue weighted by atomic mass is 10.3. The number of hydrogen-bond donors (Lipinski definition) is 1. The van der Waals surface area contributed by atoms with E-state index in [9.17, 15) is 9.59 Å². The molecule has 118 valence electrons. The average Bonchev–Trinajstić information content (AvgIpc) is 3.00. The molecule has 0 radical (unpaired) electrons. The third-order valence-electron chi connectivity index (χ3n) is 2.90. The molecule has 0 saturated carbocycles. The number of thioether (sulfide) groups is 1. The van der Waals surface area contributed by atoms with Crippen LogP contribution in [0.1, 0.15) is 21.1 Å². The molecule has 0 atom stereocenters. The van der Waals surface area contributed by atoms with Crippen LogP contribution in [0.2, 0.25) is 0 Å². The van der Waals surface area contributed by atoms with Gasteiger partial charge in [0.05, 0.1) is 18.4 Å². The predicted molar refractivity (Wildman–Crippen MR) is 85.5 cm³/mol.